The quantitative estimate of drug-likeness (QED) is 0.823. The molecule has 0 spiro atoms. The number of nitrogens with one attached hydrogen (secondary N) is 1. The van der Waals surface area contributed by atoms with Crippen LogP contribution in [0.1, 0.15) is 30.9 Å². The van der Waals surface area contributed by atoms with Gasteiger partial charge in [-0.3, -0.25) is 9.59 Å². The SMILES string of the molecule is CCc1cccc(C)c1NC(=O)CCC(=O)O. The number of aliphatic carboxylic acids is 1. The van der Waals surface area contributed by atoms with Crippen LogP contribution in [0, 0.1) is 6.92 Å². The van der Waals surface area contributed by atoms with Gasteiger partial charge in [-0.25, -0.2) is 0 Å². The number of aryl methyl sites for hydroxylation is 2. The molecule has 0 fully saturated rings. The fraction of sp³-hybridized carbons (Fsp3) is 0.385. The van der Waals surface area contributed by atoms with Gasteiger partial charge in [-0.05, 0) is 24.5 Å². The Morgan fingerprint density at radius 3 is 2.59 bits per heavy atom. The number of anilines is 1. The Balaban J connectivity index is 2.73. The van der Waals surface area contributed by atoms with Crippen LogP contribution in [0.25, 0.3) is 0 Å². The van der Waals surface area contributed by atoms with Crippen LogP contribution in [0.3, 0.4) is 0 Å². The van der Waals surface area contributed by atoms with Crippen LogP contribution in [-0.2, 0) is 16.0 Å². The normalized spacial score (nSPS) is 10.0. The van der Waals surface area contributed by atoms with Crippen molar-refractivity contribution in [3.05, 3.63) is 29.3 Å². The molecule has 0 bridgehead atoms. The minimum Gasteiger partial charge on any atom is -0.481 e. The van der Waals surface area contributed by atoms with Crippen molar-refractivity contribution >= 4 is 17.6 Å². The molecular weight excluding hydrogens is 218 g/mol. The van der Waals surface area contributed by atoms with Gasteiger partial charge in [-0.15, -0.1) is 0 Å². The molecule has 4 nitrogen and oxygen atoms in total. The van der Waals surface area contributed by atoms with Gasteiger partial charge in [0, 0.05) is 12.1 Å². The molecule has 0 heterocycles. The van der Waals surface area contributed by atoms with E-state index >= 15 is 0 Å². The number of hydrogen-bond acceptors (Lipinski definition) is 2. The summed E-state index contributed by atoms with van der Waals surface area (Å²) in [6.45, 7) is 3.94. The van der Waals surface area contributed by atoms with Crippen molar-refractivity contribution in [1.82, 2.24) is 0 Å². The van der Waals surface area contributed by atoms with Gasteiger partial charge in [0.05, 0.1) is 6.42 Å². The fourth-order valence-corrected chi connectivity index (χ4v) is 1.62. The monoisotopic (exact) mass is 235 g/mol. The maximum absolute atomic E-state index is 11.6. The van der Waals surface area contributed by atoms with E-state index in [0.717, 1.165) is 23.2 Å². The summed E-state index contributed by atoms with van der Waals surface area (Å²) in [6, 6.07) is 5.83. The average molecular weight is 235 g/mol. The van der Waals surface area contributed by atoms with Gasteiger partial charge in [0.2, 0.25) is 5.91 Å². The Morgan fingerprint density at radius 1 is 1.29 bits per heavy atom. The maximum atomic E-state index is 11.6. The Hall–Kier alpha value is -1.84. The summed E-state index contributed by atoms with van der Waals surface area (Å²) in [5.74, 6) is -1.21. The van der Waals surface area contributed by atoms with Crippen LogP contribution in [0.4, 0.5) is 5.69 Å². The number of benzene rings is 1. The summed E-state index contributed by atoms with van der Waals surface area (Å²) in [5.41, 5.74) is 2.87. The van der Waals surface area contributed by atoms with Crippen LogP contribution in [0.15, 0.2) is 18.2 Å². The lowest BCUT2D eigenvalue weighted by atomic mass is 10.1. The summed E-state index contributed by atoms with van der Waals surface area (Å²) in [4.78, 5) is 21.9. The third-order valence-corrected chi connectivity index (χ3v) is 2.57. The summed E-state index contributed by atoms with van der Waals surface area (Å²) in [6.07, 6.45) is 0.697. The molecule has 4 heteroatoms. The Morgan fingerprint density at radius 2 is 2.00 bits per heavy atom. The zero-order valence-corrected chi connectivity index (χ0v) is 10.1. The first-order chi connectivity index (χ1) is 8.04. The molecule has 1 rings (SSSR count). The van der Waals surface area contributed by atoms with Gasteiger partial charge in [-0.1, -0.05) is 25.1 Å². The van der Waals surface area contributed by atoms with Crippen molar-refractivity contribution in [2.75, 3.05) is 5.32 Å². The van der Waals surface area contributed by atoms with Crippen LogP contribution in [0.2, 0.25) is 0 Å². The highest BCUT2D eigenvalue weighted by atomic mass is 16.4. The molecule has 0 saturated carbocycles. The summed E-state index contributed by atoms with van der Waals surface area (Å²) in [7, 11) is 0. The first kappa shape index (κ1) is 13.2. The molecule has 0 aliphatic carbocycles. The average Bonchev–Trinajstić information content (AvgIpc) is 2.29. The first-order valence-electron chi connectivity index (χ1n) is 5.64. The van der Waals surface area contributed by atoms with E-state index in [1.54, 1.807) is 0 Å². The molecule has 0 aliphatic rings. The van der Waals surface area contributed by atoms with E-state index in [-0.39, 0.29) is 18.7 Å². The third kappa shape index (κ3) is 3.90. The predicted molar refractivity (Wildman–Crippen MR) is 66.1 cm³/mol. The molecule has 0 radical (unpaired) electrons. The van der Waals surface area contributed by atoms with Crippen molar-refractivity contribution in [2.24, 2.45) is 0 Å². The number of amides is 1. The molecule has 1 aromatic rings. The number of para-hydroxylation sites is 1. The topological polar surface area (TPSA) is 66.4 Å². The number of hydrogen-bond donors (Lipinski definition) is 2. The van der Waals surface area contributed by atoms with Gasteiger partial charge < -0.3 is 10.4 Å². The van der Waals surface area contributed by atoms with Gasteiger partial charge >= 0.3 is 5.97 Å². The van der Waals surface area contributed by atoms with Gasteiger partial charge in [0.25, 0.3) is 0 Å². The van der Waals surface area contributed by atoms with Crippen molar-refractivity contribution in [1.29, 1.82) is 0 Å². The highest BCUT2D eigenvalue weighted by Crippen LogP contribution is 2.21. The van der Waals surface area contributed by atoms with Crippen LogP contribution in [-0.4, -0.2) is 17.0 Å². The van der Waals surface area contributed by atoms with E-state index in [9.17, 15) is 9.59 Å². The number of carboxylic acid groups (broad SMARTS) is 1. The van der Waals surface area contributed by atoms with E-state index in [0.29, 0.717) is 0 Å². The second kappa shape index (κ2) is 6.03. The van der Waals surface area contributed by atoms with E-state index in [1.165, 1.54) is 0 Å². The Kier molecular flexibility index (Phi) is 4.69. The van der Waals surface area contributed by atoms with Crippen molar-refractivity contribution in [3.8, 4) is 0 Å². The Labute approximate surface area is 101 Å². The van der Waals surface area contributed by atoms with Gasteiger partial charge in [-0.2, -0.15) is 0 Å². The van der Waals surface area contributed by atoms with Crippen molar-refractivity contribution in [3.63, 3.8) is 0 Å². The fourth-order valence-electron chi connectivity index (χ4n) is 1.62. The van der Waals surface area contributed by atoms with E-state index in [1.807, 2.05) is 32.0 Å². The molecule has 1 aromatic carbocycles. The highest BCUT2D eigenvalue weighted by molar-refractivity contribution is 5.93. The van der Waals surface area contributed by atoms with Gasteiger partial charge in [0.15, 0.2) is 0 Å². The van der Waals surface area contributed by atoms with Crippen molar-refractivity contribution in [2.45, 2.75) is 33.1 Å². The Bertz CT molecular complexity index is 427. The molecule has 92 valence electrons. The number of carbonyl (C=O) groups is 2. The lowest BCUT2D eigenvalue weighted by Gasteiger charge is -2.12. The molecule has 2 N–H and O–H groups in total. The zero-order valence-electron chi connectivity index (χ0n) is 10.1. The second-order valence-corrected chi connectivity index (χ2v) is 3.90. The number of rotatable bonds is 5. The molecule has 17 heavy (non-hydrogen) atoms. The minimum absolute atomic E-state index is 0.00677. The minimum atomic E-state index is -0.958. The molecule has 0 aliphatic heterocycles. The molecule has 0 atom stereocenters. The molecule has 0 aromatic heterocycles. The van der Waals surface area contributed by atoms with Crippen LogP contribution < -0.4 is 5.32 Å². The van der Waals surface area contributed by atoms with E-state index in [2.05, 4.69) is 5.32 Å². The summed E-state index contributed by atoms with van der Waals surface area (Å²) >= 11 is 0. The summed E-state index contributed by atoms with van der Waals surface area (Å²) in [5, 5.41) is 11.3. The highest BCUT2D eigenvalue weighted by Gasteiger charge is 2.09. The zero-order chi connectivity index (χ0) is 12.8. The number of carbonyl (C=O) groups excluding carboxylic acids is 1. The molecular formula is C13H17NO3. The van der Waals surface area contributed by atoms with Crippen molar-refractivity contribution < 1.29 is 14.7 Å². The van der Waals surface area contributed by atoms with Gasteiger partial charge in [0.1, 0.15) is 0 Å². The standard InChI is InChI=1S/C13H17NO3/c1-3-10-6-4-5-9(2)13(10)14-11(15)7-8-12(16)17/h4-6H,3,7-8H2,1-2H3,(H,14,15)(H,16,17). The molecule has 0 unspecified atom stereocenters. The van der Waals surface area contributed by atoms with E-state index in [4.69, 9.17) is 5.11 Å². The molecule has 1 amide bonds. The van der Waals surface area contributed by atoms with Crippen LogP contribution >= 0.6 is 0 Å². The number of carboxylic acids is 1. The van der Waals surface area contributed by atoms with E-state index < -0.39 is 5.97 Å². The first-order valence-corrected chi connectivity index (χ1v) is 5.64. The third-order valence-electron chi connectivity index (χ3n) is 2.57. The smallest absolute Gasteiger partial charge is 0.303 e. The van der Waals surface area contributed by atoms with Crippen LogP contribution in [0.5, 0.6) is 0 Å². The molecule has 0 saturated heterocycles. The lowest BCUT2D eigenvalue weighted by molar-refractivity contribution is -0.138. The summed E-state index contributed by atoms with van der Waals surface area (Å²) < 4.78 is 0. The predicted octanol–water partition coefficient (Wildman–Crippen LogP) is 2.36. The maximum Gasteiger partial charge on any atom is 0.303 e. The largest absolute Gasteiger partial charge is 0.481 e. The lowest BCUT2D eigenvalue weighted by Crippen LogP contribution is -2.15. The second-order valence-electron chi connectivity index (χ2n) is 3.90.